The van der Waals surface area contributed by atoms with E-state index in [-0.39, 0.29) is 11.3 Å². The number of esters is 1. The summed E-state index contributed by atoms with van der Waals surface area (Å²) in [6.45, 7) is 0.981. The second-order valence-electron chi connectivity index (χ2n) is 4.86. The van der Waals surface area contributed by atoms with Crippen molar-refractivity contribution in [1.82, 2.24) is 0 Å². The van der Waals surface area contributed by atoms with E-state index in [9.17, 15) is 19.7 Å². The van der Waals surface area contributed by atoms with Crippen molar-refractivity contribution in [2.45, 2.75) is 6.92 Å². The lowest BCUT2D eigenvalue weighted by Crippen LogP contribution is -2.21. The van der Waals surface area contributed by atoms with Crippen LogP contribution in [0.2, 0.25) is 0 Å². The smallest absolute Gasteiger partial charge is 0.345 e. The van der Waals surface area contributed by atoms with Crippen LogP contribution in [0.5, 0.6) is 0 Å². The Hall–Kier alpha value is -2.74. The molecule has 0 aliphatic carbocycles. The van der Waals surface area contributed by atoms with Gasteiger partial charge in [0.15, 0.2) is 6.61 Å². The molecule has 0 aromatic heterocycles. The van der Waals surface area contributed by atoms with E-state index < -0.39 is 23.4 Å². The summed E-state index contributed by atoms with van der Waals surface area (Å²) in [5.41, 5.74) is 0.377. The summed E-state index contributed by atoms with van der Waals surface area (Å²) in [6.07, 6.45) is 0. The largest absolute Gasteiger partial charge is 0.452 e. The number of aryl methyl sites for hydroxylation is 1. The standard InChI is InChI=1S/C16H13BrN2O5/c1-10-3-2-4-13(15(10)19(22)23)16(21)24-9-14(20)18-12-7-5-11(17)6-8-12/h2-8H,9H2,1H3,(H,18,20). The SMILES string of the molecule is Cc1cccc(C(=O)OCC(=O)Nc2ccc(Br)cc2)c1[N+](=O)[O-]. The molecule has 8 heteroatoms. The Morgan fingerprint density at radius 1 is 1.21 bits per heavy atom. The van der Waals surface area contributed by atoms with Gasteiger partial charge in [-0.1, -0.05) is 28.1 Å². The Morgan fingerprint density at radius 2 is 1.88 bits per heavy atom. The summed E-state index contributed by atoms with van der Waals surface area (Å²) in [7, 11) is 0. The summed E-state index contributed by atoms with van der Waals surface area (Å²) < 4.78 is 5.73. The fraction of sp³-hybridized carbons (Fsp3) is 0.125. The van der Waals surface area contributed by atoms with Crippen LogP contribution in [0.25, 0.3) is 0 Å². The van der Waals surface area contributed by atoms with Crippen LogP contribution in [0.1, 0.15) is 15.9 Å². The number of amides is 1. The van der Waals surface area contributed by atoms with E-state index in [4.69, 9.17) is 4.74 Å². The van der Waals surface area contributed by atoms with Crippen LogP contribution in [0, 0.1) is 17.0 Å². The molecule has 0 radical (unpaired) electrons. The molecule has 0 fully saturated rings. The van der Waals surface area contributed by atoms with Gasteiger partial charge in [-0.15, -0.1) is 0 Å². The highest BCUT2D eigenvalue weighted by molar-refractivity contribution is 9.10. The normalized spacial score (nSPS) is 10.1. The molecule has 0 aliphatic heterocycles. The van der Waals surface area contributed by atoms with Crippen molar-refractivity contribution in [1.29, 1.82) is 0 Å². The van der Waals surface area contributed by atoms with Crippen molar-refractivity contribution in [3.63, 3.8) is 0 Å². The minimum absolute atomic E-state index is 0.184. The Morgan fingerprint density at radius 3 is 2.50 bits per heavy atom. The number of benzene rings is 2. The predicted octanol–water partition coefficient (Wildman–Crippen LogP) is 3.46. The molecule has 0 spiro atoms. The van der Waals surface area contributed by atoms with Crippen molar-refractivity contribution in [3.8, 4) is 0 Å². The van der Waals surface area contributed by atoms with Gasteiger partial charge >= 0.3 is 5.97 Å². The summed E-state index contributed by atoms with van der Waals surface area (Å²) in [4.78, 5) is 34.2. The zero-order chi connectivity index (χ0) is 17.7. The quantitative estimate of drug-likeness (QED) is 0.477. The zero-order valence-electron chi connectivity index (χ0n) is 12.6. The molecule has 0 aliphatic rings. The van der Waals surface area contributed by atoms with E-state index in [1.165, 1.54) is 25.1 Å². The molecule has 0 saturated carbocycles. The van der Waals surface area contributed by atoms with Gasteiger partial charge in [0.1, 0.15) is 5.56 Å². The molecule has 124 valence electrons. The monoisotopic (exact) mass is 392 g/mol. The number of rotatable bonds is 5. The maximum absolute atomic E-state index is 12.0. The van der Waals surface area contributed by atoms with Crippen molar-refractivity contribution < 1.29 is 19.2 Å². The molecule has 2 aromatic carbocycles. The van der Waals surface area contributed by atoms with Crippen molar-refractivity contribution in [2.24, 2.45) is 0 Å². The number of para-hydroxylation sites is 1. The summed E-state index contributed by atoms with van der Waals surface area (Å²) >= 11 is 3.27. The number of ether oxygens (including phenoxy) is 1. The predicted molar refractivity (Wildman–Crippen MR) is 90.9 cm³/mol. The number of anilines is 1. The molecule has 0 atom stereocenters. The Bertz CT molecular complexity index is 790. The van der Waals surface area contributed by atoms with E-state index >= 15 is 0 Å². The second kappa shape index (κ2) is 7.69. The van der Waals surface area contributed by atoms with Crippen LogP contribution in [0.4, 0.5) is 11.4 Å². The maximum atomic E-state index is 12.0. The van der Waals surface area contributed by atoms with Gasteiger partial charge in [-0.2, -0.15) is 0 Å². The van der Waals surface area contributed by atoms with Crippen LogP contribution < -0.4 is 5.32 Å². The van der Waals surface area contributed by atoms with E-state index in [0.717, 1.165) is 4.47 Å². The third kappa shape index (κ3) is 4.39. The number of halogens is 1. The highest BCUT2D eigenvalue weighted by Crippen LogP contribution is 2.23. The molecule has 0 bridgehead atoms. The number of carbonyl (C=O) groups is 2. The third-order valence-corrected chi connectivity index (χ3v) is 3.63. The van der Waals surface area contributed by atoms with Crippen LogP contribution >= 0.6 is 15.9 Å². The van der Waals surface area contributed by atoms with E-state index in [0.29, 0.717) is 11.3 Å². The molecule has 0 unspecified atom stereocenters. The number of nitro benzene ring substituents is 1. The first kappa shape index (κ1) is 17.6. The Labute approximate surface area is 145 Å². The molecular weight excluding hydrogens is 380 g/mol. The molecule has 1 N–H and O–H groups in total. The minimum atomic E-state index is -0.920. The van der Waals surface area contributed by atoms with E-state index in [1.807, 2.05) is 0 Å². The van der Waals surface area contributed by atoms with Gasteiger partial charge in [0.2, 0.25) is 0 Å². The van der Waals surface area contributed by atoms with Gasteiger partial charge in [-0.3, -0.25) is 14.9 Å². The van der Waals surface area contributed by atoms with Crippen molar-refractivity contribution >= 4 is 39.2 Å². The summed E-state index contributed by atoms with van der Waals surface area (Å²) in [6, 6.07) is 11.2. The van der Waals surface area contributed by atoms with Crippen molar-refractivity contribution in [3.05, 3.63) is 68.2 Å². The number of nitrogens with zero attached hydrogens (tertiary/aromatic N) is 1. The first-order valence-corrected chi connectivity index (χ1v) is 7.64. The summed E-state index contributed by atoms with van der Waals surface area (Å²) in [5, 5.41) is 13.6. The number of hydrogen-bond acceptors (Lipinski definition) is 5. The fourth-order valence-electron chi connectivity index (χ4n) is 2.01. The van der Waals surface area contributed by atoms with Crippen LogP contribution in [-0.4, -0.2) is 23.4 Å². The number of hydrogen-bond donors (Lipinski definition) is 1. The average Bonchev–Trinajstić information content (AvgIpc) is 2.54. The fourth-order valence-corrected chi connectivity index (χ4v) is 2.27. The molecule has 7 nitrogen and oxygen atoms in total. The maximum Gasteiger partial charge on any atom is 0.345 e. The zero-order valence-corrected chi connectivity index (χ0v) is 14.2. The van der Waals surface area contributed by atoms with Crippen molar-refractivity contribution in [2.75, 3.05) is 11.9 Å². The number of nitrogens with one attached hydrogen (secondary N) is 1. The van der Waals surface area contributed by atoms with Crippen LogP contribution in [-0.2, 0) is 9.53 Å². The molecule has 0 heterocycles. The van der Waals surface area contributed by atoms with Gasteiger partial charge in [0, 0.05) is 15.7 Å². The van der Waals surface area contributed by atoms with Gasteiger partial charge in [0.25, 0.3) is 11.6 Å². The Balaban J connectivity index is 2.00. The highest BCUT2D eigenvalue weighted by atomic mass is 79.9. The minimum Gasteiger partial charge on any atom is -0.452 e. The first-order chi connectivity index (χ1) is 11.4. The molecule has 2 rings (SSSR count). The topological polar surface area (TPSA) is 98.5 Å². The lowest BCUT2D eigenvalue weighted by Gasteiger charge is -2.08. The molecule has 0 saturated heterocycles. The average molecular weight is 393 g/mol. The molecular formula is C16H13BrN2O5. The number of carbonyl (C=O) groups excluding carboxylic acids is 2. The molecule has 24 heavy (non-hydrogen) atoms. The highest BCUT2D eigenvalue weighted by Gasteiger charge is 2.24. The molecule has 1 amide bonds. The first-order valence-electron chi connectivity index (χ1n) is 6.85. The van der Waals surface area contributed by atoms with E-state index in [1.54, 1.807) is 24.3 Å². The number of nitro groups is 1. The third-order valence-electron chi connectivity index (χ3n) is 3.10. The van der Waals surface area contributed by atoms with Gasteiger partial charge < -0.3 is 10.1 Å². The van der Waals surface area contributed by atoms with Gasteiger partial charge in [0.05, 0.1) is 4.92 Å². The second-order valence-corrected chi connectivity index (χ2v) is 5.78. The van der Waals surface area contributed by atoms with E-state index in [2.05, 4.69) is 21.2 Å². The van der Waals surface area contributed by atoms with Gasteiger partial charge in [-0.05, 0) is 37.3 Å². The van der Waals surface area contributed by atoms with Gasteiger partial charge in [-0.25, -0.2) is 4.79 Å². The van der Waals surface area contributed by atoms with Crippen LogP contribution in [0.3, 0.4) is 0 Å². The van der Waals surface area contributed by atoms with Crippen LogP contribution in [0.15, 0.2) is 46.9 Å². The Kier molecular flexibility index (Phi) is 5.64. The lowest BCUT2D eigenvalue weighted by molar-refractivity contribution is -0.385. The lowest BCUT2D eigenvalue weighted by atomic mass is 10.1. The summed E-state index contributed by atoms with van der Waals surface area (Å²) in [5.74, 6) is -1.46. The molecule has 2 aromatic rings.